The normalized spacial score (nSPS) is 14.3. The topological polar surface area (TPSA) is 27.7 Å². The molecule has 2 unspecified atom stereocenters. The smallest absolute Gasteiger partial charge is 0.407 e. The van der Waals surface area contributed by atoms with Crippen molar-refractivity contribution < 1.29 is 14.0 Å². The summed E-state index contributed by atoms with van der Waals surface area (Å²) in [6.07, 6.45) is 9.70. The summed E-state index contributed by atoms with van der Waals surface area (Å²) in [6, 6.07) is 7.43. The Bertz CT molecular complexity index is 1420. The van der Waals surface area contributed by atoms with Crippen LogP contribution in [0.25, 0.3) is 0 Å². The molecule has 0 N–H and O–H groups in total. The number of hydrogen-bond donors (Lipinski definition) is 0. The Morgan fingerprint density at radius 3 is 1.79 bits per heavy atom. The van der Waals surface area contributed by atoms with E-state index in [1.165, 1.54) is 0 Å². The molecule has 2 rings (SSSR count). The van der Waals surface area contributed by atoms with Crippen molar-refractivity contribution in [3.05, 3.63) is 24.3 Å². The fourth-order valence-corrected chi connectivity index (χ4v) is 2.56. The molecule has 0 radical (unpaired) electrons. The van der Waals surface area contributed by atoms with Gasteiger partial charge in [0.25, 0.3) is 0 Å². The summed E-state index contributed by atoms with van der Waals surface area (Å²) < 4.78 is 17.2. The first-order valence-corrected chi connectivity index (χ1v) is 10.3. The second-order valence-electron chi connectivity index (χ2n) is 6.47. The second kappa shape index (κ2) is 15.8. The van der Waals surface area contributed by atoms with E-state index in [0.29, 0.717) is 5.75 Å². The maximum Gasteiger partial charge on any atom is 0.494 e. The molecule has 0 aliphatic carbocycles. The van der Waals surface area contributed by atoms with E-state index in [9.17, 15) is 0 Å². The number of ether oxygens (including phenoxy) is 1. The fraction of sp³-hybridized carbons (Fsp3) is 0.200. The van der Waals surface area contributed by atoms with Gasteiger partial charge in [-0.2, -0.15) is 0 Å². The van der Waals surface area contributed by atoms with Crippen molar-refractivity contribution >= 4 is 12.6 Å². The first-order chi connectivity index (χ1) is 16.7. The maximum atomic E-state index is 5.97. The van der Waals surface area contributed by atoms with Crippen LogP contribution in [-0.2, 0) is 9.31 Å². The van der Waals surface area contributed by atoms with Crippen molar-refractivity contribution in [2.75, 3.05) is 0 Å². The van der Waals surface area contributed by atoms with Crippen LogP contribution in [0.5, 0.6) is 5.75 Å². The third-order valence-electron chi connectivity index (χ3n) is 4.04. The molecule has 1 aliphatic rings. The fourth-order valence-electron chi connectivity index (χ4n) is 2.56. The summed E-state index contributed by atoms with van der Waals surface area (Å²) in [7, 11) is -0.362. The zero-order valence-corrected chi connectivity index (χ0v) is 18.8. The van der Waals surface area contributed by atoms with Crippen LogP contribution in [0.1, 0.15) is 26.7 Å². The van der Waals surface area contributed by atoms with Gasteiger partial charge in [-0.25, -0.2) is 0 Å². The SMILES string of the molecule is C#CC#CC#CC#CC#CC#CC#CC#CC#COc1ccc(B2OC(C)CC(CC)O2)cc1. The molecule has 0 aromatic heterocycles. The predicted octanol–water partition coefficient (Wildman–Crippen LogP) is 1.98. The van der Waals surface area contributed by atoms with Gasteiger partial charge in [0.05, 0.1) is 0 Å². The molecule has 4 heteroatoms. The molecule has 0 amide bonds. The second-order valence-corrected chi connectivity index (χ2v) is 6.47. The Morgan fingerprint density at radius 1 is 0.794 bits per heavy atom. The lowest BCUT2D eigenvalue weighted by Crippen LogP contribution is -2.47. The lowest BCUT2D eigenvalue weighted by atomic mass is 9.76. The van der Waals surface area contributed by atoms with Gasteiger partial charge in [-0.1, -0.05) is 19.1 Å². The Labute approximate surface area is 202 Å². The number of hydrogen-bond acceptors (Lipinski definition) is 3. The molecule has 1 saturated heterocycles. The monoisotopic (exact) mass is 436 g/mol. The lowest BCUT2D eigenvalue weighted by Gasteiger charge is -2.32. The summed E-state index contributed by atoms with van der Waals surface area (Å²) in [5, 5.41) is 0. The van der Waals surface area contributed by atoms with Gasteiger partial charge in [0.1, 0.15) is 11.9 Å². The van der Waals surface area contributed by atoms with Crippen molar-refractivity contribution in [1.29, 1.82) is 0 Å². The Balaban J connectivity index is 1.79. The summed E-state index contributed by atoms with van der Waals surface area (Å²) in [5.41, 5.74) is 0.942. The zero-order valence-electron chi connectivity index (χ0n) is 18.8. The van der Waals surface area contributed by atoms with Crippen LogP contribution in [0, 0.1) is 107 Å². The molecule has 0 bridgehead atoms. The summed E-state index contributed by atoms with van der Waals surface area (Å²) in [5.74, 6) is 40.2. The zero-order chi connectivity index (χ0) is 24.3. The summed E-state index contributed by atoms with van der Waals surface area (Å²) >= 11 is 0. The highest BCUT2D eigenvalue weighted by atomic mass is 16.6. The molecular formula is C30H17BO3. The molecule has 2 atom stereocenters. The van der Waals surface area contributed by atoms with E-state index in [2.05, 4.69) is 115 Å². The molecule has 3 nitrogen and oxygen atoms in total. The van der Waals surface area contributed by atoms with E-state index < -0.39 is 0 Å². The predicted molar refractivity (Wildman–Crippen MR) is 134 cm³/mol. The van der Waals surface area contributed by atoms with Crippen LogP contribution in [0.15, 0.2) is 24.3 Å². The molecule has 1 aromatic carbocycles. The number of terminal acetylenes is 1. The number of rotatable bonds is 3. The van der Waals surface area contributed by atoms with Gasteiger partial charge < -0.3 is 14.0 Å². The van der Waals surface area contributed by atoms with Gasteiger partial charge >= 0.3 is 7.12 Å². The Hall–Kier alpha value is -4.96. The highest BCUT2D eigenvalue weighted by Crippen LogP contribution is 2.19. The standard InChI is InChI=1S/C30H17BO3/c1-4-6-7-8-9-10-11-12-13-14-15-16-17-18-19-20-25-32-30-23-21-28(22-24-30)31-33-27(3)26-29(5-2)34-31/h1,21-24,27,29H,5,26H2,2-3H3. The van der Waals surface area contributed by atoms with Gasteiger partial charge in [-0.3, -0.25) is 0 Å². The van der Waals surface area contributed by atoms with Crippen molar-refractivity contribution in [1.82, 2.24) is 0 Å². The van der Waals surface area contributed by atoms with Crippen molar-refractivity contribution in [2.45, 2.75) is 38.9 Å². The van der Waals surface area contributed by atoms with Crippen molar-refractivity contribution in [3.8, 4) is 113 Å². The summed E-state index contributed by atoms with van der Waals surface area (Å²) in [6.45, 7) is 4.18. The molecule has 34 heavy (non-hydrogen) atoms. The Kier molecular flexibility index (Phi) is 11.8. The van der Waals surface area contributed by atoms with Crippen LogP contribution in [0.3, 0.4) is 0 Å². The minimum atomic E-state index is -0.362. The minimum Gasteiger partial charge on any atom is -0.407 e. The van der Waals surface area contributed by atoms with Gasteiger partial charge in [0, 0.05) is 59.6 Å². The molecule has 1 heterocycles. The first-order valence-electron chi connectivity index (χ1n) is 10.3. The molecule has 0 spiro atoms. The van der Waals surface area contributed by atoms with E-state index in [-0.39, 0.29) is 19.3 Å². The van der Waals surface area contributed by atoms with E-state index in [1.54, 1.807) is 0 Å². The largest absolute Gasteiger partial charge is 0.494 e. The third kappa shape index (κ3) is 10.4. The first kappa shape index (κ1) is 25.3. The lowest BCUT2D eigenvalue weighted by molar-refractivity contribution is 0.0295. The van der Waals surface area contributed by atoms with E-state index in [1.807, 2.05) is 24.3 Å². The molecule has 1 aliphatic heterocycles. The minimum absolute atomic E-state index is 0.164. The van der Waals surface area contributed by atoms with E-state index in [4.69, 9.17) is 20.5 Å². The quantitative estimate of drug-likeness (QED) is 0.536. The molecule has 158 valence electrons. The van der Waals surface area contributed by atoms with Crippen molar-refractivity contribution in [3.63, 3.8) is 0 Å². The van der Waals surface area contributed by atoms with Crippen LogP contribution in [0.4, 0.5) is 0 Å². The highest BCUT2D eigenvalue weighted by Gasteiger charge is 2.32. The average molecular weight is 436 g/mol. The van der Waals surface area contributed by atoms with Crippen LogP contribution in [0.2, 0.25) is 0 Å². The van der Waals surface area contributed by atoms with Gasteiger partial charge in [-0.05, 0) is 84.7 Å². The summed E-state index contributed by atoms with van der Waals surface area (Å²) in [4.78, 5) is 0. The molecule has 1 fully saturated rings. The van der Waals surface area contributed by atoms with E-state index >= 15 is 0 Å². The molecule has 1 aromatic rings. The van der Waals surface area contributed by atoms with Crippen LogP contribution in [-0.4, -0.2) is 19.3 Å². The third-order valence-corrected chi connectivity index (χ3v) is 4.04. The molecular weight excluding hydrogens is 419 g/mol. The average Bonchev–Trinajstić information content (AvgIpc) is 2.86. The maximum absolute atomic E-state index is 5.97. The highest BCUT2D eigenvalue weighted by molar-refractivity contribution is 6.61. The van der Waals surface area contributed by atoms with Gasteiger partial charge in [-0.15, -0.1) is 6.42 Å². The van der Waals surface area contributed by atoms with Crippen molar-refractivity contribution in [2.24, 2.45) is 0 Å². The Morgan fingerprint density at radius 2 is 1.29 bits per heavy atom. The van der Waals surface area contributed by atoms with Gasteiger partial charge in [0.2, 0.25) is 0 Å². The van der Waals surface area contributed by atoms with Crippen LogP contribution < -0.4 is 10.2 Å². The van der Waals surface area contributed by atoms with E-state index in [0.717, 1.165) is 18.3 Å². The van der Waals surface area contributed by atoms with Gasteiger partial charge in [0.15, 0.2) is 0 Å². The number of benzene rings is 1. The molecule has 0 saturated carbocycles. The van der Waals surface area contributed by atoms with Crippen LogP contribution >= 0.6 is 0 Å².